The zero-order valence-electron chi connectivity index (χ0n) is 26.7. The molecule has 234 valence electrons. The third kappa shape index (κ3) is 9.35. The van der Waals surface area contributed by atoms with E-state index in [0.29, 0.717) is 13.2 Å². The summed E-state index contributed by atoms with van der Waals surface area (Å²) in [4.78, 5) is 0. The van der Waals surface area contributed by atoms with E-state index >= 15 is 0 Å². The van der Waals surface area contributed by atoms with Crippen molar-refractivity contribution in [2.24, 2.45) is 0 Å². The monoisotopic (exact) mass is 722 g/mol. The van der Waals surface area contributed by atoms with Crippen molar-refractivity contribution in [3.05, 3.63) is 161 Å². The first-order chi connectivity index (χ1) is 21.5. The normalized spacial score (nSPS) is 10.5. The van der Waals surface area contributed by atoms with Crippen LogP contribution < -0.4 is 34.3 Å². The second kappa shape index (κ2) is 18.1. The van der Waals surface area contributed by atoms with Crippen LogP contribution in [-0.4, -0.2) is 16.4 Å². The summed E-state index contributed by atoms with van der Waals surface area (Å²) in [6.07, 6.45) is 1.05. The number of ether oxygens (including phenoxy) is 2. The molecule has 6 aromatic carbocycles. The van der Waals surface area contributed by atoms with Gasteiger partial charge in [-0.25, -0.2) is 0 Å². The minimum atomic E-state index is 0. The number of hydrogen-bond acceptors (Lipinski definition) is 2. The Labute approximate surface area is 301 Å². The van der Waals surface area contributed by atoms with Crippen LogP contribution in [0.3, 0.4) is 0 Å². The number of aryl methyl sites for hydroxylation is 2. The fourth-order valence-corrected chi connectivity index (χ4v) is 6.24. The van der Waals surface area contributed by atoms with Gasteiger partial charge in [0.2, 0.25) is 0 Å². The van der Waals surface area contributed by atoms with Crippen LogP contribution in [0.15, 0.2) is 121 Å². The zero-order valence-corrected chi connectivity index (χ0v) is 30.7. The first kappa shape index (κ1) is 37.1. The molecular weight excluding hydrogens is 687 g/mol. The second-order valence-electron chi connectivity index (χ2n) is 10.8. The van der Waals surface area contributed by atoms with Crippen molar-refractivity contribution in [3.8, 4) is 22.6 Å². The molecule has 0 aromatic heterocycles. The number of benzene rings is 5. The zero-order chi connectivity index (χ0) is 30.9. The molecule has 1 aliphatic rings. The summed E-state index contributed by atoms with van der Waals surface area (Å²) in [5.41, 5.74) is 10.8. The van der Waals surface area contributed by atoms with Gasteiger partial charge in [-0.1, -0.05) is 48.4 Å². The molecule has 0 bridgehead atoms. The molecule has 0 unspecified atom stereocenters. The van der Waals surface area contributed by atoms with E-state index in [-0.39, 0.29) is 24.8 Å². The number of rotatable bonds is 6. The molecule has 2 nitrogen and oxygen atoms in total. The second-order valence-corrected chi connectivity index (χ2v) is 12.0. The van der Waals surface area contributed by atoms with Gasteiger partial charge in [-0.05, 0) is 32.8 Å². The van der Waals surface area contributed by atoms with Gasteiger partial charge in [0, 0.05) is 0 Å². The van der Waals surface area contributed by atoms with Crippen molar-refractivity contribution in [2.45, 2.75) is 34.1 Å². The van der Waals surface area contributed by atoms with Gasteiger partial charge in [-0.15, -0.1) is 28.0 Å². The van der Waals surface area contributed by atoms with E-state index in [1.807, 2.05) is 32.0 Å². The average Bonchev–Trinajstić information content (AvgIpc) is 3.65. The Balaban J connectivity index is 0.000000184. The van der Waals surface area contributed by atoms with E-state index < -0.39 is 0 Å². The standard InChI is InChI=1S/C15H13.C13H15O2.C13H10.2ClH.Zr/c1-10-3-5-14-12(7-10)9-13-8-11(2)4-6-15(13)14;1-3-14-12-8-10-6-5-7-11(10)9-13(12)15-4-2;1-3-7-12(8-4-1)11-13-9-5-2-6-10-13;;;/h3-7H,9H2,1-2H3;5-9H,3-4H2,1-2H3;1-10H;2*1H;/q2*-1;;;;+2/p-2. The van der Waals surface area contributed by atoms with E-state index in [1.165, 1.54) is 82.7 Å². The van der Waals surface area contributed by atoms with Crippen molar-refractivity contribution < 1.29 is 58.5 Å². The van der Waals surface area contributed by atoms with Gasteiger partial charge in [0.15, 0.2) is 0 Å². The molecule has 46 heavy (non-hydrogen) atoms. The van der Waals surface area contributed by atoms with Crippen LogP contribution >= 0.6 is 0 Å². The van der Waals surface area contributed by atoms with E-state index in [2.05, 4.69) is 123 Å². The summed E-state index contributed by atoms with van der Waals surface area (Å²) >= 11 is 1.46. The molecule has 0 saturated heterocycles. The minimum absolute atomic E-state index is 0. The SMILES string of the molecule is CCOc1cc2cc[cH-]c2cc1OCC.Cc1[c-]c2c(cc1)-c1ccc(C)cc1C2.[Cl-].[Cl-].[Zr+2]=[C](c1ccccc1)c1ccccc1. The molecule has 0 saturated carbocycles. The summed E-state index contributed by atoms with van der Waals surface area (Å²) in [6, 6.07) is 45.9. The molecule has 5 heteroatoms. The predicted octanol–water partition coefficient (Wildman–Crippen LogP) is 3.84. The third-order valence-electron chi connectivity index (χ3n) is 7.52. The topological polar surface area (TPSA) is 18.5 Å². The van der Waals surface area contributed by atoms with Crippen molar-refractivity contribution in [3.63, 3.8) is 0 Å². The fourth-order valence-electron chi connectivity index (χ4n) is 5.42. The Morgan fingerprint density at radius 2 is 1.30 bits per heavy atom. The predicted molar refractivity (Wildman–Crippen MR) is 181 cm³/mol. The molecule has 6 aromatic rings. The van der Waals surface area contributed by atoms with Gasteiger partial charge in [0.05, 0.1) is 13.2 Å². The van der Waals surface area contributed by atoms with E-state index in [4.69, 9.17) is 9.47 Å². The molecule has 0 atom stereocenters. The van der Waals surface area contributed by atoms with Crippen LogP contribution in [0.1, 0.15) is 47.2 Å². The van der Waals surface area contributed by atoms with E-state index in [0.717, 1.165) is 17.9 Å². The molecule has 0 spiro atoms. The Morgan fingerprint density at radius 3 is 1.91 bits per heavy atom. The van der Waals surface area contributed by atoms with E-state index in [9.17, 15) is 0 Å². The molecule has 0 amide bonds. The quantitative estimate of drug-likeness (QED) is 0.243. The molecule has 0 N–H and O–H groups in total. The number of halogens is 2. The number of hydrogen-bond donors (Lipinski definition) is 0. The fraction of sp³-hybridized carbons (Fsp3) is 0.171. The first-order valence-electron chi connectivity index (χ1n) is 15.2. The van der Waals surface area contributed by atoms with Crippen molar-refractivity contribution in [1.29, 1.82) is 0 Å². The van der Waals surface area contributed by atoms with Crippen LogP contribution in [-0.2, 0) is 30.7 Å². The van der Waals surface area contributed by atoms with Gasteiger partial charge in [-0.3, -0.25) is 0 Å². The summed E-state index contributed by atoms with van der Waals surface area (Å²) in [5.74, 6) is 1.66. The summed E-state index contributed by atoms with van der Waals surface area (Å²) < 4.78 is 12.5. The van der Waals surface area contributed by atoms with Crippen molar-refractivity contribution in [1.82, 2.24) is 0 Å². The van der Waals surface area contributed by atoms with Gasteiger partial charge in [0.1, 0.15) is 11.5 Å². The molecular formula is C41H38Cl2O2Zr-2. The Morgan fingerprint density at radius 1 is 0.717 bits per heavy atom. The summed E-state index contributed by atoms with van der Waals surface area (Å²) in [5, 5.41) is 2.39. The maximum atomic E-state index is 5.54. The molecule has 0 radical (unpaired) electrons. The maximum absolute atomic E-state index is 5.54. The van der Waals surface area contributed by atoms with Crippen molar-refractivity contribution in [2.75, 3.05) is 13.2 Å². The van der Waals surface area contributed by atoms with Crippen LogP contribution in [0.5, 0.6) is 11.5 Å². The van der Waals surface area contributed by atoms with Crippen LogP contribution in [0.2, 0.25) is 0 Å². The van der Waals surface area contributed by atoms with Crippen LogP contribution in [0, 0.1) is 19.9 Å². The molecule has 7 rings (SSSR count). The van der Waals surface area contributed by atoms with Crippen LogP contribution in [0.25, 0.3) is 21.9 Å². The third-order valence-corrected chi connectivity index (χ3v) is 8.94. The molecule has 0 fully saturated rings. The van der Waals surface area contributed by atoms with Crippen LogP contribution in [0.4, 0.5) is 0 Å². The summed E-state index contributed by atoms with van der Waals surface area (Å²) in [7, 11) is 0. The summed E-state index contributed by atoms with van der Waals surface area (Å²) in [6.45, 7) is 9.53. The molecule has 1 aliphatic carbocycles. The van der Waals surface area contributed by atoms with Gasteiger partial charge < -0.3 is 34.3 Å². The van der Waals surface area contributed by atoms with Gasteiger partial charge in [-0.2, -0.15) is 35.9 Å². The van der Waals surface area contributed by atoms with Gasteiger partial charge in [0.25, 0.3) is 0 Å². The number of fused-ring (bicyclic) bond motifs is 4. The van der Waals surface area contributed by atoms with Gasteiger partial charge >= 0.3 is 99.2 Å². The van der Waals surface area contributed by atoms with Crippen molar-refractivity contribution >= 4 is 14.0 Å². The first-order valence-corrected chi connectivity index (χ1v) is 16.5. The average molecular weight is 725 g/mol. The molecule has 0 aliphatic heterocycles. The Hall–Kier alpha value is -3.36. The molecule has 0 heterocycles. The Bertz CT molecular complexity index is 1710. The Kier molecular flexibility index (Phi) is 14.6. The van der Waals surface area contributed by atoms with E-state index in [1.54, 1.807) is 0 Å².